The van der Waals surface area contributed by atoms with Crippen LogP contribution in [-0.4, -0.2) is 57.7 Å². The van der Waals surface area contributed by atoms with Gasteiger partial charge >= 0.3 is 0 Å². The Labute approximate surface area is 197 Å². The summed E-state index contributed by atoms with van der Waals surface area (Å²) in [5.41, 5.74) is 3.08. The van der Waals surface area contributed by atoms with Crippen molar-refractivity contribution in [3.63, 3.8) is 0 Å². The molecular weight excluding hydrogens is 432 g/mol. The van der Waals surface area contributed by atoms with Crippen molar-refractivity contribution < 1.29 is 9.53 Å². The zero-order chi connectivity index (χ0) is 23.8. The number of hydrogen-bond acceptors (Lipinski definition) is 9. The van der Waals surface area contributed by atoms with Gasteiger partial charge in [-0.3, -0.25) is 14.8 Å². The third-order valence-electron chi connectivity index (χ3n) is 5.14. The lowest BCUT2D eigenvalue weighted by atomic mass is 10.1. The van der Waals surface area contributed by atoms with Crippen LogP contribution in [0, 0.1) is 5.41 Å². The number of aliphatic imine (C=N–C) groups is 1. The topological polar surface area (TPSA) is 138 Å². The second-order valence-electron chi connectivity index (χ2n) is 7.80. The van der Waals surface area contributed by atoms with Crippen LogP contribution in [0.15, 0.2) is 60.2 Å². The molecule has 0 aromatic carbocycles. The Morgan fingerprint density at radius 3 is 2.74 bits per heavy atom. The maximum absolute atomic E-state index is 13.4. The SMILES string of the molecule is COCCN=C(CC(=N)c1ccccn1)NC(=O)c1nc(C2CC2)ccc1Nc1cncnc1. The molecule has 3 aromatic heterocycles. The van der Waals surface area contributed by atoms with E-state index in [1.54, 1.807) is 37.8 Å². The standard InChI is InChI=1S/C24H26N8O2/c1-34-11-10-29-22(12-18(25)20-4-2-3-9-28-20)32-24(33)23-21(30-17-13-26-15-27-14-17)8-7-19(31-23)16-5-6-16/h2-4,7-9,13-16,25,30H,5-6,10-12H2,1H3,(H,29,32,33). The van der Waals surface area contributed by atoms with Gasteiger partial charge in [-0.2, -0.15) is 0 Å². The molecule has 3 heterocycles. The van der Waals surface area contributed by atoms with Gasteiger partial charge < -0.3 is 20.8 Å². The largest absolute Gasteiger partial charge is 0.383 e. The van der Waals surface area contributed by atoms with Crippen molar-refractivity contribution in [3.05, 3.63) is 72.3 Å². The molecule has 0 spiro atoms. The molecule has 0 saturated heterocycles. The third kappa shape index (κ3) is 6.26. The predicted molar refractivity (Wildman–Crippen MR) is 129 cm³/mol. The Balaban J connectivity index is 1.57. The van der Waals surface area contributed by atoms with E-state index in [1.807, 2.05) is 18.2 Å². The highest BCUT2D eigenvalue weighted by Crippen LogP contribution is 2.39. The minimum Gasteiger partial charge on any atom is -0.383 e. The first-order chi connectivity index (χ1) is 16.6. The lowest BCUT2D eigenvalue weighted by Gasteiger charge is -2.14. The zero-order valence-electron chi connectivity index (χ0n) is 18.9. The first-order valence-electron chi connectivity index (χ1n) is 11.0. The molecule has 0 atom stereocenters. The molecule has 0 radical (unpaired) electrons. The molecule has 1 aliphatic carbocycles. The van der Waals surface area contributed by atoms with Crippen molar-refractivity contribution in [1.29, 1.82) is 5.41 Å². The predicted octanol–water partition coefficient (Wildman–Crippen LogP) is 3.12. The number of amides is 1. The van der Waals surface area contributed by atoms with E-state index in [9.17, 15) is 4.79 Å². The van der Waals surface area contributed by atoms with E-state index >= 15 is 0 Å². The molecule has 10 heteroatoms. The first kappa shape index (κ1) is 23.1. The Kier molecular flexibility index (Phi) is 7.61. The fraction of sp³-hybridized carbons (Fsp3) is 0.292. The fourth-order valence-electron chi connectivity index (χ4n) is 3.27. The lowest BCUT2D eigenvalue weighted by molar-refractivity contribution is 0.0972. The summed E-state index contributed by atoms with van der Waals surface area (Å²) in [4.78, 5) is 34.7. The number of anilines is 2. The van der Waals surface area contributed by atoms with Gasteiger partial charge in [-0.05, 0) is 37.1 Å². The Bertz CT molecular complexity index is 1160. The summed E-state index contributed by atoms with van der Waals surface area (Å²) < 4.78 is 5.09. The number of methoxy groups -OCH3 is 1. The molecule has 1 amide bonds. The molecule has 1 aliphatic rings. The van der Waals surface area contributed by atoms with Crippen LogP contribution in [0.1, 0.15) is 47.1 Å². The molecule has 0 aliphatic heterocycles. The molecule has 0 unspecified atom stereocenters. The molecule has 4 rings (SSSR count). The highest BCUT2D eigenvalue weighted by atomic mass is 16.5. The van der Waals surface area contributed by atoms with Gasteiger partial charge in [0.05, 0.1) is 48.3 Å². The average Bonchev–Trinajstić information content (AvgIpc) is 3.71. The third-order valence-corrected chi connectivity index (χ3v) is 5.14. The quantitative estimate of drug-likeness (QED) is 0.241. The van der Waals surface area contributed by atoms with E-state index in [4.69, 9.17) is 10.1 Å². The minimum atomic E-state index is -0.410. The second-order valence-corrected chi connectivity index (χ2v) is 7.80. The van der Waals surface area contributed by atoms with E-state index in [-0.39, 0.29) is 17.8 Å². The number of ether oxygens (including phenoxy) is 1. The van der Waals surface area contributed by atoms with Crippen LogP contribution in [0.5, 0.6) is 0 Å². The number of aromatic nitrogens is 4. The fourth-order valence-corrected chi connectivity index (χ4v) is 3.27. The molecule has 34 heavy (non-hydrogen) atoms. The summed E-state index contributed by atoms with van der Waals surface area (Å²) in [5.74, 6) is 0.324. The Morgan fingerprint density at radius 1 is 1.21 bits per heavy atom. The first-order valence-corrected chi connectivity index (χ1v) is 11.0. The molecule has 3 N–H and O–H groups in total. The van der Waals surface area contributed by atoms with E-state index in [0.717, 1.165) is 18.5 Å². The van der Waals surface area contributed by atoms with Crippen molar-refractivity contribution >= 4 is 28.8 Å². The van der Waals surface area contributed by atoms with Crippen molar-refractivity contribution in [1.82, 2.24) is 25.3 Å². The highest BCUT2D eigenvalue weighted by molar-refractivity contribution is 6.16. The number of rotatable bonds is 10. The molecule has 1 fully saturated rings. The summed E-state index contributed by atoms with van der Waals surface area (Å²) in [6, 6.07) is 9.14. The monoisotopic (exact) mass is 458 g/mol. The van der Waals surface area contributed by atoms with Crippen molar-refractivity contribution in [2.45, 2.75) is 25.2 Å². The van der Waals surface area contributed by atoms with E-state index in [2.05, 4.69) is 35.6 Å². The molecule has 0 bridgehead atoms. The number of hydrogen-bond donors (Lipinski definition) is 3. The van der Waals surface area contributed by atoms with Crippen molar-refractivity contribution in [2.75, 3.05) is 25.6 Å². The number of nitrogens with one attached hydrogen (secondary N) is 3. The number of nitrogens with zero attached hydrogens (tertiary/aromatic N) is 5. The number of amidine groups is 1. The second kappa shape index (κ2) is 11.2. The van der Waals surface area contributed by atoms with Crippen LogP contribution in [-0.2, 0) is 4.74 Å². The Hall–Kier alpha value is -4.05. The number of carbonyl (C=O) groups excluding carboxylic acids is 1. The van der Waals surface area contributed by atoms with E-state index < -0.39 is 5.91 Å². The van der Waals surface area contributed by atoms with Gasteiger partial charge in [-0.25, -0.2) is 15.0 Å². The van der Waals surface area contributed by atoms with Crippen LogP contribution in [0.4, 0.5) is 11.4 Å². The molecule has 10 nitrogen and oxygen atoms in total. The van der Waals surface area contributed by atoms with Crippen LogP contribution < -0.4 is 10.6 Å². The lowest BCUT2D eigenvalue weighted by Crippen LogP contribution is -2.34. The molecule has 1 saturated carbocycles. The highest BCUT2D eigenvalue weighted by Gasteiger charge is 2.27. The average molecular weight is 459 g/mol. The summed E-state index contributed by atoms with van der Waals surface area (Å²) in [6.07, 6.45) is 8.56. The van der Waals surface area contributed by atoms with Gasteiger partial charge in [0.2, 0.25) is 0 Å². The molecular formula is C24H26N8O2. The van der Waals surface area contributed by atoms with Gasteiger partial charge in [-0.1, -0.05) is 6.07 Å². The van der Waals surface area contributed by atoms with Crippen LogP contribution in [0.25, 0.3) is 0 Å². The Morgan fingerprint density at radius 2 is 2.03 bits per heavy atom. The maximum Gasteiger partial charge on any atom is 0.277 e. The maximum atomic E-state index is 13.4. The van der Waals surface area contributed by atoms with Crippen LogP contribution in [0.3, 0.4) is 0 Å². The zero-order valence-corrected chi connectivity index (χ0v) is 18.9. The van der Waals surface area contributed by atoms with Crippen molar-refractivity contribution in [3.8, 4) is 0 Å². The summed E-state index contributed by atoms with van der Waals surface area (Å²) in [7, 11) is 1.59. The minimum absolute atomic E-state index is 0.115. The summed E-state index contributed by atoms with van der Waals surface area (Å²) in [5, 5.41) is 14.4. The van der Waals surface area contributed by atoms with Gasteiger partial charge in [-0.15, -0.1) is 0 Å². The smallest absolute Gasteiger partial charge is 0.277 e. The summed E-state index contributed by atoms with van der Waals surface area (Å²) >= 11 is 0. The number of carbonyl (C=O) groups is 1. The van der Waals surface area contributed by atoms with E-state index in [0.29, 0.717) is 42.0 Å². The van der Waals surface area contributed by atoms with Crippen LogP contribution in [0.2, 0.25) is 0 Å². The van der Waals surface area contributed by atoms with Gasteiger partial charge in [0.25, 0.3) is 5.91 Å². The number of pyridine rings is 2. The summed E-state index contributed by atoms with van der Waals surface area (Å²) in [6.45, 7) is 0.746. The normalized spacial score (nSPS) is 13.4. The van der Waals surface area contributed by atoms with Gasteiger partial charge in [0, 0.05) is 31.3 Å². The van der Waals surface area contributed by atoms with Gasteiger partial charge in [0.1, 0.15) is 12.2 Å². The van der Waals surface area contributed by atoms with Crippen LogP contribution >= 0.6 is 0 Å². The van der Waals surface area contributed by atoms with E-state index in [1.165, 1.54) is 6.33 Å². The molecule has 3 aromatic rings. The van der Waals surface area contributed by atoms with Crippen molar-refractivity contribution in [2.24, 2.45) is 4.99 Å². The van der Waals surface area contributed by atoms with Gasteiger partial charge in [0.15, 0.2) is 5.69 Å². The molecule has 174 valence electrons.